The first-order valence-corrected chi connectivity index (χ1v) is 12.9. The van der Waals surface area contributed by atoms with Gasteiger partial charge in [-0.05, 0) is 53.6 Å². The number of ether oxygens (including phenoxy) is 1. The number of sulfonamides is 1. The largest absolute Gasteiger partial charge is 0.476 e. The number of carbonyl (C=O) groups excluding carboxylic acids is 1. The zero-order valence-corrected chi connectivity index (χ0v) is 20.5. The number of aryl methyl sites for hydroxylation is 1. The second-order valence-corrected chi connectivity index (χ2v) is 10.7. The van der Waals surface area contributed by atoms with Crippen LogP contribution in [0.25, 0.3) is 10.8 Å². The van der Waals surface area contributed by atoms with Crippen molar-refractivity contribution < 1.29 is 17.9 Å². The molecular formula is C27H23ClN2O4S. The zero-order chi connectivity index (χ0) is 24.6. The molecule has 1 aliphatic heterocycles. The minimum absolute atomic E-state index is 0.130. The average molecular weight is 507 g/mol. The third-order valence-corrected chi connectivity index (χ3v) is 8.05. The molecule has 0 unspecified atom stereocenters. The quantitative estimate of drug-likeness (QED) is 0.410. The number of anilines is 1. The third-order valence-electron chi connectivity index (χ3n) is 6.02. The van der Waals surface area contributed by atoms with Crippen LogP contribution in [-0.4, -0.2) is 27.0 Å². The molecule has 0 saturated carbocycles. The fourth-order valence-corrected chi connectivity index (χ4v) is 5.80. The minimum atomic E-state index is -3.96. The molecule has 0 saturated heterocycles. The van der Waals surface area contributed by atoms with Crippen LogP contribution >= 0.6 is 11.6 Å². The van der Waals surface area contributed by atoms with E-state index in [1.54, 1.807) is 36.4 Å². The normalized spacial score (nSPS) is 15.4. The summed E-state index contributed by atoms with van der Waals surface area (Å²) in [6.07, 6.45) is -1.03. The van der Waals surface area contributed by atoms with E-state index in [9.17, 15) is 13.2 Å². The van der Waals surface area contributed by atoms with Crippen molar-refractivity contribution in [1.82, 2.24) is 5.32 Å². The van der Waals surface area contributed by atoms with Crippen molar-refractivity contribution in [3.63, 3.8) is 0 Å². The summed E-state index contributed by atoms with van der Waals surface area (Å²) in [5.74, 6) is -0.121. The summed E-state index contributed by atoms with van der Waals surface area (Å²) in [6, 6.07) is 25.2. The van der Waals surface area contributed by atoms with Crippen LogP contribution in [0, 0.1) is 6.92 Å². The Morgan fingerprint density at radius 1 is 1.03 bits per heavy atom. The number of hydrogen-bond donors (Lipinski definition) is 1. The van der Waals surface area contributed by atoms with E-state index in [1.807, 2.05) is 49.4 Å². The molecule has 178 valence electrons. The number of nitrogens with one attached hydrogen (secondary N) is 1. The topological polar surface area (TPSA) is 75.7 Å². The number of amides is 1. The van der Waals surface area contributed by atoms with Gasteiger partial charge in [0.05, 0.1) is 17.1 Å². The highest BCUT2D eigenvalue weighted by molar-refractivity contribution is 7.92. The van der Waals surface area contributed by atoms with Gasteiger partial charge in [-0.1, -0.05) is 71.8 Å². The third kappa shape index (κ3) is 4.57. The molecule has 4 aromatic rings. The maximum Gasteiger partial charge on any atom is 0.264 e. The maximum atomic E-state index is 13.6. The standard InChI is InChI=1S/C27H23ClN2O4S/c1-18-9-12-22(13-10-18)35(32,33)30-17-26(34-25-14-11-21(28)15-24(25)30)27(31)29-16-20-7-4-6-19-5-2-3-8-23(19)20/h2-15,26H,16-17H2,1H3,(H,29,31)/t26-/m0/s1. The highest BCUT2D eigenvalue weighted by Crippen LogP contribution is 2.39. The summed E-state index contributed by atoms with van der Waals surface area (Å²) in [6.45, 7) is 2.00. The fraction of sp³-hybridized carbons (Fsp3) is 0.148. The van der Waals surface area contributed by atoms with Crippen molar-refractivity contribution in [3.05, 3.63) is 101 Å². The number of hydrogen-bond acceptors (Lipinski definition) is 4. The molecule has 0 aliphatic carbocycles. The molecule has 0 bridgehead atoms. The number of carbonyl (C=O) groups is 1. The van der Waals surface area contributed by atoms with Crippen molar-refractivity contribution >= 4 is 44.0 Å². The number of halogens is 1. The lowest BCUT2D eigenvalue weighted by molar-refractivity contribution is -0.127. The van der Waals surface area contributed by atoms with Gasteiger partial charge in [-0.2, -0.15) is 0 Å². The molecule has 1 atom stereocenters. The van der Waals surface area contributed by atoms with E-state index in [0.717, 1.165) is 21.9 Å². The Kier molecular flexibility index (Phi) is 6.13. The molecule has 1 amide bonds. The lowest BCUT2D eigenvalue weighted by Crippen LogP contribution is -2.50. The maximum absolute atomic E-state index is 13.6. The van der Waals surface area contributed by atoms with E-state index in [2.05, 4.69) is 5.32 Å². The van der Waals surface area contributed by atoms with Crippen LogP contribution in [0.15, 0.2) is 89.8 Å². The Bertz CT molecular complexity index is 1520. The first-order chi connectivity index (χ1) is 16.8. The van der Waals surface area contributed by atoms with E-state index < -0.39 is 22.0 Å². The molecule has 0 fully saturated rings. The van der Waals surface area contributed by atoms with Gasteiger partial charge in [0.1, 0.15) is 5.75 Å². The van der Waals surface area contributed by atoms with Gasteiger partial charge in [-0.25, -0.2) is 8.42 Å². The summed E-state index contributed by atoms with van der Waals surface area (Å²) >= 11 is 6.17. The summed E-state index contributed by atoms with van der Waals surface area (Å²) in [5, 5.41) is 5.40. The Hall–Kier alpha value is -3.55. The zero-order valence-electron chi connectivity index (χ0n) is 18.9. The molecule has 0 spiro atoms. The Balaban J connectivity index is 1.43. The molecule has 35 heavy (non-hydrogen) atoms. The molecule has 8 heteroatoms. The van der Waals surface area contributed by atoms with Gasteiger partial charge >= 0.3 is 0 Å². The SMILES string of the molecule is Cc1ccc(S(=O)(=O)N2C[C@@H](C(=O)NCc3cccc4ccccc34)Oc3ccc(Cl)cc32)cc1. The van der Waals surface area contributed by atoms with E-state index in [4.69, 9.17) is 16.3 Å². The van der Waals surface area contributed by atoms with Crippen LogP contribution < -0.4 is 14.4 Å². The molecule has 0 aromatic heterocycles. The van der Waals surface area contributed by atoms with Crippen molar-refractivity contribution in [2.45, 2.75) is 24.5 Å². The Labute approximate surface area is 209 Å². The molecule has 0 radical (unpaired) electrons. The van der Waals surface area contributed by atoms with Crippen LogP contribution in [0.4, 0.5) is 5.69 Å². The molecule has 1 heterocycles. The van der Waals surface area contributed by atoms with Gasteiger partial charge in [0, 0.05) is 11.6 Å². The van der Waals surface area contributed by atoms with Crippen LogP contribution in [-0.2, 0) is 21.4 Å². The van der Waals surface area contributed by atoms with Crippen molar-refractivity contribution in [1.29, 1.82) is 0 Å². The van der Waals surface area contributed by atoms with Gasteiger partial charge in [0.2, 0.25) is 0 Å². The smallest absolute Gasteiger partial charge is 0.264 e. The first kappa shape index (κ1) is 23.2. The molecule has 1 N–H and O–H groups in total. The van der Waals surface area contributed by atoms with Crippen LogP contribution in [0.5, 0.6) is 5.75 Å². The summed E-state index contributed by atoms with van der Waals surface area (Å²) in [5.41, 5.74) is 2.21. The number of rotatable bonds is 5. The molecule has 6 nitrogen and oxygen atoms in total. The van der Waals surface area contributed by atoms with Crippen molar-refractivity contribution in [2.75, 3.05) is 10.8 Å². The predicted octanol–water partition coefficient (Wildman–Crippen LogP) is 5.07. The molecular weight excluding hydrogens is 484 g/mol. The molecule has 5 rings (SSSR count). The average Bonchev–Trinajstić information content (AvgIpc) is 2.86. The summed E-state index contributed by atoms with van der Waals surface area (Å²) < 4.78 is 34.3. The predicted molar refractivity (Wildman–Crippen MR) is 137 cm³/mol. The van der Waals surface area contributed by atoms with E-state index in [1.165, 1.54) is 10.4 Å². The lowest BCUT2D eigenvalue weighted by Gasteiger charge is -2.35. The van der Waals surface area contributed by atoms with E-state index in [-0.39, 0.29) is 23.7 Å². The van der Waals surface area contributed by atoms with Crippen molar-refractivity contribution in [2.24, 2.45) is 0 Å². The molecule has 4 aromatic carbocycles. The molecule has 1 aliphatic rings. The van der Waals surface area contributed by atoms with Crippen LogP contribution in [0.3, 0.4) is 0 Å². The van der Waals surface area contributed by atoms with Crippen molar-refractivity contribution in [3.8, 4) is 5.75 Å². The Morgan fingerprint density at radius 3 is 2.57 bits per heavy atom. The number of fused-ring (bicyclic) bond motifs is 2. The number of nitrogens with zero attached hydrogens (tertiary/aromatic N) is 1. The van der Waals surface area contributed by atoms with Crippen LogP contribution in [0.2, 0.25) is 5.02 Å². The fourth-order valence-electron chi connectivity index (χ4n) is 4.17. The Morgan fingerprint density at radius 2 is 1.77 bits per heavy atom. The van der Waals surface area contributed by atoms with Crippen LogP contribution in [0.1, 0.15) is 11.1 Å². The van der Waals surface area contributed by atoms with Gasteiger partial charge < -0.3 is 10.1 Å². The second-order valence-electron chi connectivity index (χ2n) is 8.42. The van der Waals surface area contributed by atoms with E-state index >= 15 is 0 Å². The first-order valence-electron chi connectivity index (χ1n) is 11.1. The lowest BCUT2D eigenvalue weighted by atomic mass is 10.0. The summed E-state index contributed by atoms with van der Waals surface area (Å²) in [4.78, 5) is 13.3. The van der Waals surface area contributed by atoms with Gasteiger partial charge in [-0.3, -0.25) is 9.10 Å². The summed E-state index contributed by atoms with van der Waals surface area (Å²) in [7, 11) is -3.96. The highest BCUT2D eigenvalue weighted by Gasteiger charge is 2.37. The minimum Gasteiger partial charge on any atom is -0.476 e. The monoisotopic (exact) mass is 506 g/mol. The second kappa shape index (κ2) is 9.24. The van der Waals surface area contributed by atoms with Gasteiger partial charge in [-0.15, -0.1) is 0 Å². The number of benzene rings is 4. The van der Waals surface area contributed by atoms with Gasteiger partial charge in [0.15, 0.2) is 6.10 Å². The highest BCUT2D eigenvalue weighted by atomic mass is 35.5. The van der Waals surface area contributed by atoms with Gasteiger partial charge in [0.25, 0.3) is 15.9 Å². The van der Waals surface area contributed by atoms with E-state index in [0.29, 0.717) is 10.7 Å².